The Hall–Kier alpha value is -2.88. The number of carbonyl (C=O) groups is 1. The molecule has 30 heavy (non-hydrogen) atoms. The zero-order valence-electron chi connectivity index (χ0n) is 16.9. The van der Waals surface area contributed by atoms with Crippen molar-refractivity contribution in [1.29, 1.82) is 0 Å². The lowest BCUT2D eigenvalue weighted by atomic mass is 9.87. The van der Waals surface area contributed by atoms with Crippen LogP contribution in [0.5, 0.6) is 0 Å². The molecule has 1 amide bonds. The van der Waals surface area contributed by atoms with Gasteiger partial charge >= 0.3 is 0 Å². The molecule has 2 aromatic rings. The number of aryl methyl sites for hydroxylation is 1. The summed E-state index contributed by atoms with van der Waals surface area (Å²) in [6, 6.07) is 5.49. The lowest BCUT2D eigenvalue weighted by molar-refractivity contribution is -0.387. The number of hydrogen-bond donors (Lipinski definition) is 1. The van der Waals surface area contributed by atoms with Gasteiger partial charge in [-0.1, -0.05) is 31.7 Å². The molecule has 0 bridgehead atoms. The topological polar surface area (TPSA) is 132 Å². The standard InChI is InChI=1S/C20H24N4O5S/c1-13-21-10-9-19(22-13)23-20(25)16(11-14-5-3-4-6-14)15-7-8-18(30(2,28)29)17(12-15)24(26)27/h7-10,12,14,16H,3-6,11H2,1-2H3,(H,21,22,23,25). The van der Waals surface area contributed by atoms with Gasteiger partial charge in [-0.25, -0.2) is 18.4 Å². The van der Waals surface area contributed by atoms with Crippen molar-refractivity contribution in [3.8, 4) is 0 Å². The Kier molecular flexibility index (Phi) is 6.45. The van der Waals surface area contributed by atoms with Crippen molar-refractivity contribution in [3.63, 3.8) is 0 Å². The molecule has 3 rings (SSSR count). The summed E-state index contributed by atoms with van der Waals surface area (Å²) in [6.45, 7) is 1.71. The van der Waals surface area contributed by atoms with Crippen molar-refractivity contribution in [2.24, 2.45) is 5.92 Å². The van der Waals surface area contributed by atoms with E-state index in [1.807, 2.05) is 0 Å². The Morgan fingerprint density at radius 1 is 1.30 bits per heavy atom. The fourth-order valence-corrected chi connectivity index (χ4v) is 4.75. The minimum absolute atomic E-state index is 0.332. The molecule has 1 fully saturated rings. The Balaban J connectivity index is 1.98. The number of nitrogens with zero attached hydrogens (tertiary/aromatic N) is 3. The van der Waals surface area contributed by atoms with E-state index in [4.69, 9.17) is 0 Å². The Bertz CT molecular complexity index is 1060. The first-order valence-corrected chi connectivity index (χ1v) is 11.6. The zero-order chi connectivity index (χ0) is 21.9. The van der Waals surface area contributed by atoms with Crippen LogP contribution in [0.3, 0.4) is 0 Å². The van der Waals surface area contributed by atoms with Crippen molar-refractivity contribution in [2.75, 3.05) is 11.6 Å². The summed E-state index contributed by atoms with van der Waals surface area (Å²) < 4.78 is 23.9. The molecule has 1 aliphatic rings. The molecular weight excluding hydrogens is 408 g/mol. The third kappa shape index (κ3) is 5.18. The van der Waals surface area contributed by atoms with E-state index in [-0.39, 0.29) is 10.8 Å². The van der Waals surface area contributed by atoms with Gasteiger partial charge in [0.1, 0.15) is 16.5 Å². The molecule has 1 atom stereocenters. The first kappa shape index (κ1) is 21.8. The summed E-state index contributed by atoms with van der Waals surface area (Å²) in [5.74, 6) is 0.207. The molecule has 1 unspecified atom stereocenters. The number of amides is 1. The summed E-state index contributed by atoms with van der Waals surface area (Å²) in [5.41, 5.74) is -0.0959. The largest absolute Gasteiger partial charge is 0.310 e. The number of hydrogen-bond acceptors (Lipinski definition) is 7. The van der Waals surface area contributed by atoms with E-state index < -0.39 is 26.4 Å². The summed E-state index contributed by atoms with van der Waals surface area (Å²) in [7, 11) is -3.78. The zero-order valence-corrected chi connectivity index (χ0v) is 17.7. The van der Waals surface area contributed by atoms with Gasteiger partial charge in [0, 0.05) is 18.5 Å². The minimum Gasteiger partial charge on any atom is -0.310 e. The van der Waals surface area contributed by atoms with Crippen molar-refractivity contribution in [3.05, 3.63) is 52.0 Å². The third-order valence-electron chi connectivity index (χ3n) is 5.37. The molecule has 160 valence electrons. The van der Waals surface area contributed by atoms with Crippen LogP contribution in [0.4, 0.5) is 11.5 Å². The number of carbonyl (C=O) groups excluding carboxylic acids is 1. The molecular formula is C20H24N4O5S. The molecule has 0 aliphatic heterocycles. The van der Waals surface area contributed by atoms with E-state index in [0.29, 0.717) is 29.5 Å². The molecule has 9 nitrogen and oxygen atoms in total. The summed E-state index contributed by atoms with van der Waals surface area (Å²) in [4.78, 5) is 31.7. The number of nitro benzene ring substituents is 1. The number of benzene rings is 1. The second-order valence-electron chi connectivity index (χ2n) is 7.67. The number of anilines is 1. The Labute approximate surface area is 175 Å². The van der Waals surface area contributed by atoms with Crippen LogP contribution in [-0.2, 0) is 14.6 Å². The van der Waals surface area contributed by atoms with E-state index in [0.717, 1.165) is 31.9 Å². The van der Waals surface area contributed by atoms with Crippen molar-refractivity contribution >= 4 is 27.2 Å². The quantitative estimate of drug-likeness (QED) is 0.524. The minimum atomic E-state index is -3.78. The van der Waals surface area contributed by atoms with Crippen LogP contribution in [0.15, 0.2) is 35.4 Å². The lowest BCUT2D eigenvalue weighted by Crippen LogP contribution is -2.24. The molecule has 1 aliphatic carbocycles. The van der Waals surface area contributed by atoms with Crippen LogP contribution in [0, 0.1) is 23.0 Å². The van der Waals surface area contributed by atoms with E-state index >= 15 is 0 Å². The molecule has 0 spiro atoms. The van der Waals surface area contributed by atoms with Gasteiger partial charge in [-0.15, -0.1) is 0 Å². The predicted octanol–water partition coefficient (Wildman–Crippen LogP) is 3.40. The number of rotatable bonds is 7. The molecule has 0 radical (unpaired) electrons. The Morgan fingerprint density at radius 3 is 2.60 bits per heavy atom. The summed E-state index contributed by atoms with van der Waals surface area (Å²) >= 11 is 0. The van der Waals surface area contributed by atoms with Gasteiger partial charge in [0.15, 0.2) is 9.84 Å². The van der Waals surface area contributed by atoms with E-state index in [1.54, 1.807) is 13.0 Å². The average molecular weight is 433 g/mol. The smallest absolute Gasteiger partial charge is 0.288 e. The van der Waals surface area contributed by atoms with Crippen molar-refractivity contribution < 1.29 is 18.1 Å². The van der Waals surface area contributed by atoms with Gasteiger partial charge in [0.2, 0.25) is 5.91 Å². The van der Waals surface area contributed by atoms with Crippen LogP contribution in [0.1, 0.15) is 49.4 Å². The van der Waals surface area contributed by atoms with Crippen LogP contribution in [-0.4, -0.2) is 35.5 Å². The van der Waals surface area contributed by atoms with Gasteiger partial charge in [-0.2, -0.15) is 0 Å². The molecule has 0 saturated heterocycles. The number of nitro groups is 1. The highest BCUT2D eigenvalue weighted by molar-refractivity contribution is 7.90. The molecule has 1 aromatic carbocycles. The highest BCUT2D eigenvalue weighted by Gasteiger charge is 2.30. The molecule has 1 saturated carbocycles. The molecule has 1 aromatic heterocycles. The van der Waals surface area contributed by atoms with Crippen LogP contribution in [0.2, 0.25) is 0 Å². The van der Waals surface area contributed by atoms with E-state index in [2.05, 4.69) is 15.3 Å². The van der Waals surface area contributed by atoms with Crippen molar-refractivity contribution in [2.45, 2.75) is 49.8 Å². The third-order valence-corrected chi connectivity index (χ3v) is 6.51. The van der Waals surface area contributed by atoms with Crippen LogP contribution < -0.4 is 5.32 Å². The van der Waals surface area contributed by atoms with Crippen molar-refractivity contribution in [1.82, 2.24) is 9.97 Å². The van der Waals surface area contributed by atoms with Gasteiger partial charge in [0.25, 0.3) is 5.69 Å². The highest BCUT2D eigenvalue weighted by atomic mass is 32.2. The normalized spacial score (nSPS) is 15.7. The molecule has 10 heteroatoms. The fourth-order valence-electron chi connectivity index (χ4n) is 3.92. The molecule has 1 heterocycles. The van der Waals surface area contributed by atoms with Gasteiger partial charge < -0.3 is 5.32 Å². The first-order valence-electron chi connectivity index (χ1n) is 9.74. The molecule has 1 N–H and O–H groups in total. The van der Waals surface area contributed by atoms with Gasteiger partial charge in [-0.05, 0) is 37.0 Å². The number of nitrogens with one attached hydrogen (secondary N) is 1. The van der Waals surface area contributed by atoms with Crippen LogP contribution >= 0.6 is 0 Å². The average Bonchev–Trinajstić information content (AvgIpc) is 3.18. The fraction of sp³-hybridized carbons (Fsp3) is 0.450. The second-order valence-corrected chi connectivity index (χ2v) is 9.66. The summed E-state index contributed by atoms with van der Waals surface area (Å²) in [5, 5.41) is 14.3. The number of sulfone groups is 1. The second kappa shape index (κ2) is 8.86. The maximum absolute atomic E-state index is 13.1. The first-order chi connectivity index (χ1) is 14.1. The number of aromatic nitrogens is 2. The van der Waals surface area contributed by atoms with Gasteiger partial charge in [-0.3, -0.25) is 14.9 Å². The SMILES string of the molecule is Cc1nccc(NC(=O)C(CC2CCCC2)c2ccc(S(C)(=O)=O)c([N+](=O)[O-])c2)n1. The van der Waals surface area contributed by atoms with Gasteiger partial charge in [0.05, 0.1) is 10.8 Å². The lowest BCUT2D eigenvalue weighted by Gasteiger charge is -2.21. The maximum atomic E-state index is 13.1. The van der Waals surface area contributed by atoms with Crippen LogP contribution in [0.25, 0.3) is 0 Å². The van der Waals surface area contributed by atoms with E-state index in [9.17, 15) is 23.3 Å². The summed E-state index contributed by atoms with van der Waals surface area (Å²) in [6.07, 6.45) is 7.19. The monoisotopic (exact) mass is 432 g/mol. The maximum Gasteiger partial charge on any atom is 0.288 e. The van der Waals surface area contributed by atoms with E-state index in [1.165, 1.54) is 24.4 Å². The predicted molar refractivity (Wildman–Crippen MR) is 111 cm³/mol. The highest BCUT2D eigenvalue weighted by Crippen LogP contribution is 2.37. The Morgan fingerprint density at radius 2 is 2.00 bits per heavy atom.